The lowest BCUT2D eigenvalue weighted by Gasteiger charge is -2.12. The van der Waals surface area contributed by atoms with Crippen LogP contribution in [0.5, 0.6) is 0 Å². The highest BCUT2D eigenvalue weighted by molar-refractivity contribution is 6.00. The molecule has 0 aliphatic rings. The van der Waals surface area contributed by atoms with Gasteiger partial charge in [-0.25, -0.2) is 9.59 Å². The van der Waals surface area contributed by atoms with Crippen LogP contribution in [0.3, 0.4) is 0 Å². The van der Waals surface area contributed by atoms with E-state index in [1.165, 1.54) is 14.2 Å². The number of rotatable bonds is 8. The van der Waals surface area contributed by atoms with E-state index in [1.807, 2.05) is 13.8 Å². The molecular formula is C14H24O4. The third-order valence-corrected chi connectivity index (χ3v) is 2.79. The van der Waals surface area contributed by atoms with Crippen molar-refractivity contribution in [3.63, 3.8) is 0 Å². The molecule has 104 valence electrons. The molecule has 0 saturated heterocycles. The second-order valence-corrected chi connectivity index (χ2v) is 4.15. The molecule has 0 aromatic carbocycles. The van der Waals surface area contributed by atoms with E-state index in [4.69, 9.17) is 9.47 Å². The summed E-state index contributed by atoms with van der Waals surface area (Å²) in [5, 5.41) is 0. The maximum atomic E-state index is 11.8. The summed E-state index contributed by atoms with van der Waals surface area (Å²) in [5.74, 6) is -0.833. The molecule has 4 heteroatoms. The van der Waals surface area contributed by atoms with Crippen molar-refractivity contribution in [1.29, 1.82) is 0 Å². The Labute approximate surface area is 109 Å². The number of esters is 2. The predicted molar refractivity (Wildman–Crippen MR) is 70.1 cm³/mol. The molecule has 0 heterocycles. The van der Waals surface area contributed by atoms with Crippen LogP contribution in [-0.4, -0.2) is 26.2 Å². The molecule has 0 spiro atoms. The van der Waals surface area contributed by atoms with Gasteiger partial charge in [-0.2, -0.15) is 0 Å². The van der Waals surface area contributed by atoms with Crippen molar-refractivity contribution < 1.29 is 19.1 Å². The van der Waals surface area contributed by atoms with Crippen LogP contribution in [0.4, 0.5) is 0 Å². The molecule has 0 amide bonds. The summed E-state index contributed by atoms with van der Waals surface area (Å²) >= 11 is 0. The number of unbranched alkanes of at least 4 members (excludes halogenated alkanes) is 2. The Hall–Kier alpha value is -1.32. The zero-order valence-corrected chi connectivity index (χ0v) is 11.9. The molecule has 0 N–H and O–H groups in total. The van der Waals surface area contributed by atoms with Gasteiger partial charge in [0.1, 0.15) is 0 Å². The quantitative estimate of drug-likeness (QED) is 0.495. The van der Waals surface area contributed by atoms with Crippen molar-refractivity contribution in [3.8, 4) is 0 Å². The van der Waals surface area contributed by atoms with Crippen molar-refractivity contribution in [2.24, 2.45) is 0 Å². The van der Waals surface area contributed by atoms with Crippen LogP contribution in [0, 0.1) is 0 Å². The molecule has 0 aliphatic carbocycles. The Balaban J connectivity index is 5.21. The van der Waals surface area contributed by atoms with Crippen LogP contribution in [0.1, 0.15) is 52.4 Å². The van der Waals surface area contributed by atoms with E-state index in [9.17, 15) is 9.59 Å². The molecular weight excluding hydrogens is 232 g/mol. The first-order chi connectivity index (χ1) is 8.62. The van der Waals surface area contributed by atoms with Crippen molar-refractivity contribution in [3.05, 3.63) is 11.1 Å². The molecule has 4 nitrogen and oxygen atoms in total. The van der Waals surface area contributed by atoms with E-state index in [-0.39, 0.29) is 0 Å². The number of hydrogen-bond donors (Lipinski definition) is 0. The topological polar surface area (TPSA) is 52.6 Å². The molecule has 0 aliphatic heterocycles. The Morgan fingerprint density at radius 2 is 1.11 bits per heavy atom. The summed E-state index contributed by atoms with van der Waals surface area (Å²) in [7, 11) is 2.67. The fourth-order valence-corrected chi connectivity index (χ4v) is 1.71. The SMILES string of the molecule is CCCCC(C(=O)OC)=C(CCCC)C(=O)OC. The number of hydrogen-bond acceptors (Lipinski definition) is 4. The highest BCUT2D eigenvalue weighted by Crippen LogP contribution is 2.20. The normalized spacial score (nSPS) is 11.8. The van der Waals surface area contributed by atoms with Gasteiger partial charge in [0.25, 0.3) is 0 Å². The predicted octanol–water partition coefficient (Wildman–Crippen LogP) is 3.01. The Morgan fingerprint density at radius 3 is 1.33 bits per heavy atom. The monoisotopic (exact) mass is 256 g/mol. The van der Waals surface area contributed by atoms with Crippen molar-refractivity contribution in [1.82, 2.24) is 0 Å². The number of methoxy groups -OCH3 is 2. The fraction of sp³-hybridized carbons (Fsp3) is 0.714. The lowest BCUT2D eigenvalue weighted by Crippen LogP contribution is -2.15. The molecule has 0 aromatic heterocycles. The molecule has 0 atom stereocenters. The second-order valence-electron chi connectivity index (χ2n) is 4.15. The Kier molecular flexibility index (Phi) is 8.97. The minimum atomic E-state index is -0.417. The molecule has 0 saturated carbocycles. The Bertz CT molecular complexity index is 275. The van der Waals surface area contributed by atoms with Gasteiger partial charge in [0.2, 0.25) is 0 Å². The molecule has 0 bridgehead atoms. The van der Waals surface area contributed by atoms with Gasteiger partial charge in [-0.05, 0) is 25.7 Å². The van der Waals surface area contributed by atoms with E-state index >= 15 is 0 Å². The first kappa shape index (κ1) is 16.7. The summed E-state index contributed by atoms with van der Waals surface area (Å²) in [5.41, 5.74) is 0.944. The highest BCUT2D eigenvalue weighted by Gasteiger charge is 2.21. The molecule has 0 rings (SSSR count). The Morgan fingerprint density at radius 1 is 0.778 bits per heavy atom. The van der Waals surface area contributed by atoms with Gasteiger partial charge in [0.05, 0.1) is 14.2 Å². The van der Waals surface area contributed by atoms with Gasteiger partial charge >= 0.3 is 11.9 Å². The third-order valence-electron chi connectivity index (χ3n) is 2.79. The maximum absolute atomic E-state index is 11.8. The van der Waals surface area contributed by atoms with Crippen LogP contribution < -0.4 is 0 Å². The van der Waals surface area contributed by atoms with E-state index in [0.29, 0.717) is 24.0 Å². The van der Waals surface area contributed by atoms with Crippen molar-refractivity contribution in [2.75, 3.05) is 14.2 Å². The fourth-order valence-electron chi connectivity index (χ4n) is 1.71. The first-order valence-electron chi connectivity index (χ1n) is 6.50. The summed E-state index contributed by atoms with van der Waals surface area (Å²) in [6.45, 7) is 4.08. The first-order valence-corrected chi connectivity index (χ1v) is 6.50. The van der Waals surface area contributed by atoms with Gasteiger partial charge < -0.3 is 9.47 Å². The van der Waals surface area contributed by atoms with Crippen LogP contribution in [0.15, 0.2) is 11.1 Å². The average molecular weight is 256 g/mol. The minimum Gasteiger partial charge on any atom is -0.466 e. The molecule has 0 radical (unpaired) electrons. The van der Waals surface area contributed by atoms with Crippen LogP contribution in [0.25, 0.3) is 0 Å². The summed E-state index contributed by atoms with van der Waals surface area (Å²) < 4.78 is 9.52. The van der Waals surface area contributed by atoms with E-state index < -0.39 is 11.9 Å². The van der Waals surface area contributed by atoms with E-state index in [1.54, 1.807) is 0 Å². The zero-order chi connectivity index (χ0) is 14.0. The standard InChI is InChI=1S/C14H24O4/c1-5-7-9-11(13(15)17-3)12(10-8-6-2)14(16)18-4/h5-10H2,1-4H3. The van der Waals surface area contributed by atoms with Crippen molar-refractivity contribution in [2.45, 2.75) is 52.4 Å². The van der Waals surface area contributed by atoms with Crippen LogP contribution >= 0.6 is 0 Å². The minimum absolute atomic E-state index is 0.417. The second kappa shape index (κ2) is 9.68. The van der Waals surface area contributed by atoms with Gasteiger partial charge in [-0.3, -0.25) is 0 Å². The highest BCUT2D eigenvalue weighted by atomic mass is 16.5. The number of carbonyl (C=O) groups is 2. The number of ether oxygens (including phenoxy) is 2. The average Bonchev–Trinajstić information content (AvgIpc) is 2.40. The molecule has 0 fully saturated rings. The smallest absolute Gasteiger partial charge is 0.334 e. The zero-order valence-electron chi connectivity index (χ0n) is 11.9. The summed E-state index contributed by atoms with van der Waals surface area (Å²) in [4.78, 5) is 23.5. The van der Waals surface area contributed by atoms with Gasteiger partial charge in [-0.1, -0.05) is 26.7 Å². The summed E-state index contributed by atoms with van der Waals surface area (Å²) in [6, 6.07) is 0. The van der Waals surface area contributed by atoms with Gasteiger partial charge in [0.15, 0.2) is 0 Å². The lowest BCUT2D eigenvalue weighted by molar-refractivity contribution is -0.139. The molecule has 18 heavy (non-hydrogen) atoms. The van der Waals surface area contributed by atoms with Crippen molar-refractivity contribution >= 4 is 11.9 Å². The summed E-state index contributed by atoms with van der Waals surface area (Å²) in [6.07, 6.45) is 4.77. The van der Waals surface area contributed by atoms with Gasteiger partial charge in [0, 0.05) is 11.1 Å². The van der Waals surface area contributed by atoms with E-state index in [2.05, 4.69) is 0 Å². The van der Waals surface area contributed by atoms with Crippen LogP contribution in [-0.2, 0) is 19.1 Å². The maximum Gasteiger partial charge on any atom is 0.334 e. The number of carbonyl (C=O) groups excluding carboxylic acids is 2. The molecule has 0 unspecified atom stereocenters. The largest absolute Gasteiger partial charge is 0.466 e. The molecule has 0 aromatic rings. The van der Waals surface area contributed by atoms with Crippen LogP contribution in [0.2, 0.25) is 0 Å². The van der Waals surface area contributed by atoms with Gasteiger partial charge in [-0.15, -0.1) is 0 Å². The van der Waals surface area contributed by atoms with E-state index in [0.717, 1.165) is 25.7 Å². The third kappa shape index (κ3) is 5.34. The lowest BCUT2D eigenvalue weighted by atomic mass is 9.98.